The number of rotatable bonds is 9. The Morgan fingerprint density at radius 1 is 0.951 bits per heavy atom. The molecule has 0 fully saturated rings. The number of hydrogen-bond donors (Lipinski definition) is 0. The van der Waals surface area contributed by atoms with E-state index in [1.165, 1.54) is 34.5 Å². The average molecular weight is 565 g/mol. The van der Waals surface area contributed by atoms with Crippen LogP contribution in [0.5, 0.6) is 0 Å². The third-order valence-corrected chi connectivity index (χ3v) is 8.53. The van der Waals surface area contributed by atoms with Gasteiger partial charge in [0.1, 0.15) is 5.82 Å². The summed E-state index contributed by atoms with van der Waals surface area (Å²) in [5.74, 6) is -0.273. The van der Waals surface area contributed by atoms with Gasteiger partial charge >= 0.3 is 0 Å². The second kappa shape index (κ2) is 11.3. The average Bonchev–Trinajstić information content (AvgIpc) is 3.76. The predicted molar refractivity (Wildman–Crippen MR) is 163 cm³/mol. The van der Waals surface area contributed by atoms with Crippen LogP contribution < -0.4 is 0 Å². The van der Waals surface area contributed by atoms with Gasteiger partial charge in [-0.2, -0.15) is 5.10 Å². The van der Waals surface area contributed by atoms with Crippen molar-refractivity contribution < 1.29 is 4.39 Å². The molecule has 0 aliphatic rings. The number of hydrogen-bond acceptors (Lipinski definition) is 4. The highest BCUT2D eigenvalue weighted by Gasteiger charge is 2.23. The molecule has 1 unspecified atom stereocenters. The lowest BCUT2D eigenvalue weighted by Crippen LogP contribution is -2.27. The van der Waals surface area contributed by atoms with Crippen LogP contribution in [-0.4, -0.2) is 28.8 Å². The molecular formula is C33H33FN6S. The van der Waals surface area contributed by atoms with Crippen molar-refractivity contribution in [3.05, 3.63) is 136 Å². The molecule has 2 aromatic carbocycles. The van der Waals surface area contributed by atoms with Gasteiger partial charge in [0.25, 0.3) is 0 Å². The summed E-state index contributed by atoms with van der Waals surface area (Å²) in [6.07, 6.45) is 10.2. The van der Waals surface area contributed by atoms with Crippen molar-refractivity contribution in [1.82, 2.24) is 28.8 Å². The molecular weight excluding hydrogens is 531 g/mol. The Labute approximate surface area is 244 Å². The summed E-state index contributed by atoms with van der Waals surface area (Å²) in [6, 6.07) is 19.5. The number of nitrogens with zero attached hydrogens (tertiary/aromatic N) is 6. The van der Waals surface area contributed by atoms with Crippen LogP contribution in [0.15, 0.2) is 97.0 Å². The van der Waals surface area contributed by atoms with Gasteiger partial charge in [0.05, 0.1) is 17.6 Å². The molecule has 6 aromatic rings. The third kappa shape index (κ3) is 5.40. The Bertz CT molecular complexity index is 1760. The summed E-state index contributed by atoms with van der Waals surface area (Å²) in [7, 11) is 0. The van der Waals surface area contributed by atoms with Crippen molar-refractivity contribution >= 4 is 11.3 Å². The van der Waals surface area contributed by atoms with Gasteiger partial charge in [-0.3, -0.25) is 9.47 Å². The van der Waals surface area contributed by atoms with Crippen LogP contribution >= 0.6 is 11.3 Å². The summed E-state index contributed by atoms with van der Waals surface area (Å²) >= 11 is 1.62. The van der Waals surface area contributed by atoms with E-state index in [1.54, 1.807) is 17.4 Å². The summed E-state index contributed by atoms with van der Waals surface area (Å²) in [4.78, 5) is 7.00. The molecule has 1 atom stereocenters. The quantitative estimate of drug-likeness (QED) is 0.180. The van der Waals surface area contributed by atoms with Crippen LogP contribution in [0.25, 0.3) is 16.5 Å². The molecule has 0 radical (unpaired) electrons. The molecule has 208 valence electrons. The molecule has 8 heteroatoms. The van der Waals surface area contributed by atoms with Gasteiger partial charge < -0.3 is 4.57 Å². The topological polar surface area (TPSA) is 43.8 Å². The molecule has 41 heavy (non-hydrogen) atoms. The number of benzene rings is 2. The van der Waals surface area contributed by atoms with Crippen LogP contribution in [-0.2, 0) is 13.1 Å². The van der Waals surface area contributed by atoms with E-state index in [1.807, 2.05) is 28.5 Å². The summed E-state index contributed by atoms with van der Waals surface area (Å²) < 4.78 is 20.2. The minimum atomic E-state index is -0.273. The minimum Gasteiger partial charge on any atom is -0.323 e. The molecule has 0 aliphatic heterocycles. The monoisotopic (exact) mass is 564 g/mol. The first-order valence-electron chi connectivity index (χ1n) is 13.7. The third-order valence-electron chi connectivity index (χ3n) is 7.76. The maximum absolute atomic E-state index is 14.0. The predicted octanol–water partition coefficient (Wildman–Crippen LogP) is 7.74. The molecule has 0 saturated carbocycles. The van der Waals surface area contributed by atoms with Gasteiger partial charge in [-0.05, 0) is 80.8 Å². The van der Waals surface area contributed by atoms with Crippen molar-refractivity contribution in [1.29, 1.82) is 0 Å². The molecule has 0 saturated heterocycles. The number of para-hydroxylation sites is 1. The zero-order chi connectivity index (χ0) is 28.5. The second-order valence-electron chi connectivity index (χ2n) is 10.5. The van der Waals surface area contributed by atoms with Crippen LogP contribution in [0.2, 0.25) is 0 Å². The van der Waals surface area contributed by atoms with Gasteiger partial charge in [-0.1, -0.05) is 24.3 Å². The highest BCUT2D eigenvalue weighted by atomic mass is 32.1. The van der Waals surface area contributed by atoms with Crippen molar-refractivity contribution in [3.8, 4) is 16.5 Å². The van der Waals surface area contributed by atoms with Crippen LogP contribution in [0.4, 0.5) is 4.39 Å². The molecule has 0 N–H and O–H groups in total. The highest BCUT2D eigenvalue weighted by Crippen LogP contribution is 2.30. The lowest BCUT2D eigenvalue weighted by Gasteiger charge is -2.29. The summed E-state index contributed by atoms with van der Waals surface area (Å²) in [6.45, 7) is 10.0. The smallest absolute Gasteiger partial charge is 0.193 e. The fraction of sp³-hybridized carbons (Fsp3) is 0.212. The van der Waals surface area contributed by atoms with Crippen LogP contribution in [0.3, 0.4) is 0 Å². The standard InChI is InChI=1S/C33H33FN6S/c1-23-8-5-9-24(2)32(23)37-16-13-27(20-37)21-38(22-30-12-7-15-39(30)33-35-14-17-41-33)25(3)31-19-36-40(26(31)4)29-11-6-10-28(34)18-29/h5-20,25H,21-22H2,1-4H3. The molecule has 0 aliphatic carbocycles. The van der Waals surface area contributed by atoms with Crippen molar-refractivity contribution in [3.63, 3.8) is 0 Å². The zero-order valence-corrected chi connectivity index (χ0v) is 24.5. The van der Waals surface area contributed by atoms with Crippen LogP contribution in [0, 0.1) is 26.6 Å². The Balaban J connectivity index is 1.35. The number of aryl methyl sites for hydroxylation is 2. The van der Waals surface area contributed by atoms with E-state index in [-0.39, 0.29) is 11.9 Å². The lowest BCUT2D eigenvalue weighted by atomic mass is 10.1. The highest BCUT2D eigenvalue weighted by molar-refractivity contribution is 7.12. The summed E-state index contributed by atoms with van der Waals surface area (Å²) in [5, 5.41) is 7.61. The Morgan fingerprint density at radius 3 is 2.51 bits per heavy atom. The van der Waals surface area contributed by atoms with E-state index in [0.29, 0.717) is 6.54 Å². The normalized spacial score (nSPS) is 12.3. The zero-order valence-electron chi connectivity index (χ0n) is 23.7. The minimum absolute atomic E-state index is 0.0421. The Hall–Kier alpha value is -4.27. The van der Waals surface area contributed by atoms with Crippen LogP contribution in [0.1, 0.15) is 46.6 Å². The second-order valence-corrected chi connectivity index (χ2v) is 11.4. The molecule has 0 amide bonds. The molecule has 6 rings (SSSR count). The number of halogens is 1. The van der Waals surface area contributed by atoms with E-state index < -0.39 is 0 Å². The summed E-state index contributed by atoms with van der Waals surface area (Å²) in [5.41, 5.74) is 8.93. The molecule has 0 bridgehead atoms. The fourth-order valence-corrected chi connectivity index (χ4v) is 6.28. The number of thiazole rings is 1. The molecule has 4 aromatic heterocycles. The lowest BCUT2D eigenvalue weighted by molar-refractivity contribution is 0.188. The van der Waals surface area contributed by atoms with E-state index >= 15 is 0 Å². The first-order chi connectivity index (χ1) is 19.9. The van der Waals surface area contributed by atoms with Gasteiger partial charge in [0, 0.05) is 66.3 Å². The molecule has 0 spiro atoms. The SMILES string of the molecule is Cc1cccc(C)c1-n1ccc(CN(Cc2cccn2-c2nccs2)C(C)c2cnn(-c3cccc(F)c3)c2C)c1. The first-order valence-corrected chi connectivity index (χ1v) is 14.6. The first kappa shape index (κ1) is 26.9. The Kier molecular flexibility index (Phi) is 7.43. The van der Waals surface area contributed by atoms with E-state index in [4.69, 9.17) is 0 Å². The molecule has 6 nitrogen and oxygen atoms in total. The van der Waals surface area contributed by atoms with Gasteiger partial charge in [-0.15, -0.1) is 11.3 Å². The largest absolute Gasteiger partial charge is 0.323 e. The van der Waals surface area contributed by atoms with Crippen molar-refractivity contribution in [2.45, 2.75) is 46.8 Å². The number of aromatic nitrogens is 5. The van der Waals surface area contributed by atoms with E-state index in [0.717, 1.165) is 34.3 Å². The van der Waals surface area contributed by atoms with E-state index in [2.05, 4.69) is 107 Å². The maximum atomic E-state index is 14.0. The van der Waals surface area contributed by atoms with Gasteiger partial charge in [0.2, 0.25) is 0 Å². The van der Waals surface area contributed by atoms with Crippen molar-refractivity contribution in [2.24, 2.45) is 0 Å². The van der Waals surface area contributed by atoms with Gasteiger partial charge in [0.15, 0.2) is 5.13 Å². The van der Waals surface area contributed by atoms with Gasteiger partial charge in [-0.25, -0.2) is 14.1 Å². The molecule has 4 heterocycles. The van der Waals surface area contributed by atoms with E-state index in [9.17, 15) is 4.39 Å². The van der Waals surface area contributed by atoms with Crippen molar-refractivity contribution in [2.75, 3.05) is 0 Å². The fourth-order valence-electron chi connectivity index (χ4n) is 5.62. The maximum Gasteiger partial charge on any atom is 0.193 e. The Morgan fingerprint density at radius 2 is 1.76 bits per heavy atom.